The molecule has 0 radical (unpaired) electrons. The van der Waals surface area contributed by atoms with Gasteiger partial charge in [0.1, 0.15) is 48.3 Å². The van der Waals surface area contributed by atoms with E-state index in [4.69, 9.17) is 34.4 Å². The Bertz CT molecular complexity index is 1660. The van der Waals surface area contributed by atoms with Crippen molar-refractivity contribution in [3.63, 3.8) is 0 Å². The Labute approximate surface area is 382 Å². The van der Waals surface area contributed by atoms with Crippen LogP contribution in [0.3, 0.4) is 0 Å². The summed E-state index contributed by atoms with van der Waals surface area (Å²) in [7, 11) is 0. The van der Waals surface area contributed by atoms with Gasteiger partial charge in [0.15, 0.2) is 0 Å². The molecule has 10 atom stereocenters. The number of hydrogen-bond acceptors (Lipinski definition) is 18. The monoisotopic (exact) mass is 945 g/mol. The van der Waals surface area contributed by atoms with E-state index in [9.17, 15) is 58.2 Å². The van der Waals surface area contributed by atoms with Gasteiger partial charge in [-0.2, -0.15) is 0 Å². The van der Waals surface area contributed by atoms with Crippen molar-refractivity contribution >= 4 is 59.1 Å². The Morgan fingerprint density at radius 1 is 0.621 bits per heavy atom. The van der Waals surface area contributed by atoms with E-state index in [-0.39, 0.29) is 64.8 Å². The third kappa shape index (κ3) is 19.9. The van der Waals surface area contributed by atoms with Gasteiger partial charge in [-0.05, 0) is 84.1 Å². The average molecular weight is 945 g/mol. The second-order valence-electron chi connectivity index (χ2n) is 15.9. The molecule has 66 heavy (non-hydrogen) atoms. The Balaban J connectivity index is 3.64. The first-order chi connectivity index (χ1) is 31.2. The Morgan fingerprint density at radius 2 is 1.12 bits per heavy atom. The van der Waals surface area contributed by atoms with Gasteiger partial charge in [-0.15, -0.1) is 0 Å². The van der Waals surface area contributed by atoms with E-state index in [2.05, 4.69) is 53.2 Å². The number of carbonyl (C=O) groups excluding carboxylic acids is 10. The standard InChI is InChI=1S/C38H72N16O12/c1-18(2)28-37(65)50-23(7-13-42)33(61)48-22(6-12-41)35(63)52-26(17-55)32(60)45-15-9-25(36(64)47-21(5-11-40)31(59)46-16-27(57)53-28)49-34(62)24(8-14-43)51-38(66)29(19(3)56)54-30(58)20(44)4-10-39/h18-26,28-29,55-56H,4-17,39-44H2,1-3H3,(H,45,60)(H,46,59)(H,47,64)(H,48,61)(H,49,62)(H,50,65)(H,51,66)(H,52,63)(H,53,57)(H,54,58)/t19-,20+,21+,22+,23+,24+,25+,26+,28+,29+/m1/s1. The van der Waals surface area contributed by atoms with Crippen LogP contribution in [0.1, 0.15) is 59.3 Å². The lowest BCUT2D eigenvalue weighted by Crippen LogP contribution is -2.61. The largest absolute Gasteiger partial charge is 0.394 e. The van der Waals surface area contributed by atoms with Gasteiger partial charge in [0.25, 0.3) is 0 Å². The van der Waals surface area contributed by atoms with E-state index < -0.39 is 152 Å². The summed E-state index contributed by atoms with van der Waals surface area (Å²) in [6, 6.07) is -12.8. The molecule has 0 aromatic carbocycles. The summed E-state index contributed by atoms with van der Waals surface area (Å²) in [6.07, 6.45) is -2.51. The van der Waals surface area contributed by atoms with E-state index in [1.807, 2.05) is 0 Å². The molecule has 0 unspecified atom stereocenters. The van der Waals surface area contributed by atoms with Crippen LogP contribution in [0, 0.1) is 5.92 Å². The summed E-state index contributed by atoms with van der Waals surface area (Å²) in [5, 5.41) is 44.6. The predicted molar refractivity (Wildman–Crippen MR) is 236 cm³/mol. The molecule has 10 amide bonds. The summed E-state index contributed by atoms with van der Waals surface area (Å²) in [5.41, 5.74) is 34.1. The van der Waals surface area contributed by atoms with Crippen molar-refractivity contribution in [2.45, 2.75) is 120 Å². The zero-order valence-corrected chi connectivity index (χ0v) is 37.7. The first-order valence-electron chi connectivity index (χ1n) is 21.7. The van der Waals surface area contributed by atoms with Gasteiger partial charge in [-0.3, -0.25) is 47.9 Å². The fraction of sp³-hybridized carbons (Fsp3) is 0.737. The number of aliphatic hydroxyl groups excluding tert-OH is 2. The number of amides is 10. The maximum absolute atomic E-state index is 13.9. The Hall–Kier alpha value is -5.62. The van der Waals surface area contributed by atoms with Crippen molar-refractivity contribution in [2.75, 3.05) is 52.4 Å². The zero-order valence-electron chi connectivity index (χ0n) is 37.7. The highest BCUT2D eigenvalue weighted by Gasteiger charge is 2.35. The number of rotatable bonds is 19. The van der Waals surface area contributed by atoms with Crippen LogP contribution in [0.2, 0.25) is 0 Å². The Morgan fingerprint density at radius 3 is 1.62 bits per heavy atom. The van der Waals surface area contributed by atoms with Crippen LogP contribution in [0.5, 0.6) is 0 Å². The van der Waals surface area contributed by atoms with Crippen molar-refractivity contribution in [1.29, 1.82) is 0 Å². The molecule has 0 aliphatic carbocycles. The zero-order chi connectivity index (χ0) is 50.1. The highest BCUT2D eigenvalue weighted by Crippen LogP contribution is 2.07. The molecule has 1 aliphatic rings. The van der Waals surface area contributed by atoms with E-state index in [0.717, 1.165) is 0 Å². The van der Waals surface area contributed by atoms with E-state index in [1.165, 1.54) is 6.92 Å². The minimum atomic E-state index is -1.62. The number of carbonyl (C=O) groups is 10. The fourth-order valence-corrected chi connectivity index (χ4v) is 6.31. The second-order valence-corrected chi connectivity index (χ2v) is 15.9. The van der Waals surface area contributed by atoms with Gasteiger partial charge in [0.05, 0.1) is 25.3 Å². The highest BCUT2D eigenvalue weighted by atomic mass is 16.3. The van der Waals surface area contributed by atoms with Crippen LogP contribution < -0.4 is 87.6 Å². The average Bonchev–Trinajstić information content (AvgIpc) is 3.26. The van der Waals surface area contributed by atoms with Crippen molar-refractivity contribution in [2.24, 2.45) is 40.3 Å². The molecule has 24 N–H and O–H groups in total. The molecule has 0 aromatic heterocycles. The highest BCUT2D eigenvalue weighted by molar-refractivity contribution is 5.98. The quantitative estimate of drug-likeness (QED) is 0.0572. The number of hydrogen-bond donors (Lipinski definition) is 18. The van der Waals surface area contributed by atoms with Crippen molar-refractivity contribution in [3.05, 3.63) is 0 Å². The minimum Gasteiger partial charge on any atom is -0.394 e. The number of nitrogens with one attached hydrogen (secondary N) is 10. The smallest absolute Gasteiger partial charge is 0.245 e. The van der Waals surface area contributed by atoms with Crippen LogP contribution >= 0.6 is 0 Å². The lowest BCUT2D eigenvalue weighted by Gasteiger charge is -2.27. The van der Waals surface area contributed by atoms with Gasteiger partial charge in [0.2, 0.25) is 59.1 Å². The lowest BCUT2D eigenvalue weighted by molar-refractivity contribution is -0.136. The van der Waals surface area contributed by atoms with Crippen LogP contribution in [0.25, 0.3) is 0 Å². The number of nitrogens with two attached hydrogens (primary N) is 6. The molecule has 0 spiro atoms. The first-order valence-corrected chi connectivity index (χ1v) is 21.7. The van der Waals surface area contributed by atoms with E-state index in [1.54, 1.807) is 13.8 Å². The lowest BCUT2D eigenvalue weighted by atomic mass is 10.0. The van der Waals surface area contributed by atoms with Crippen molar-refractivity contribution < 1.29 is 58.2 Å². The summed E-state index contributed by atoms with van der Waals surface area (Å²) in [5.74, 6) is -9.70. The second kappa shape index (κ2) is 30.6. The fourth-order valence-electron chi connectivity index (χ4n) is 6.31. The number of aliphatic hydroxyl groups is 2. The molecule has 0 saturated carbocycles. The molecule has 1 saturated heterocycles. The van der Waals surface area contributed by atoms with Gasteiger partial charge < -0.3 is 97.8 Å². The van der Waals surface area contributed by atoms with Crippen LogP contribution in [-0.2, 0) is 47.9 Å². The third-order valence-electron chi connectivity index (χ3n) is 10.1. The normalized spacial score (nSPS) is 24.1. The molecule has 28 nitrogen and oxygen atoms in total. The van der Waals surface area contributed by atoms with Gasteiger partial charge in [0, 0.05) is 6.54 Å². The van der Waals surface area contributed by atoms with Crippen molar-refractivity contribution in [3.8, 4) is 0 Å². The molecule has 0 aromatic rings. The molecule has 28 heteroatoms. The molecule has 376 valence electrons. The third-order valence-corrected chi connectivity index (χ3v) is 10.1. The van der Waals surface area contributed by atoms with Crippen molar-refractivity contribution in [1.82, 2.24) is 53.2 Å². The topological polar surface area (TPSA) is 488 Å². The van der Waals surface area contributed by atoms with Crippen LogP contribution in [0.4, 0.5) is 0 Å². The van der Waals surface area contributed by atoms with E-state index >= 15 is 0 Å². The maximum atomic E-state index is 13.9. The van der Waals surface area contributed by atoms with Gasteiger partial charge in [-0.25, -0.2) is 0 Å². The van der Waals surface area contributed by atoms with Gasteiger partial charge >= 0.3 is 0 Å². The summed E-state index contributed by atoms with van der Waals surface area (Å²) in [6.45, 7) is 1.84. The summed E-state index contributed by atoms with van der Waals surface area (Å²) in [4.78, 5) is 134. The predicted octanol–water partition coefficient (Wildman–Crippen LogP) is -10.4. The Kier molecular flexibility index (Phi) is 27.0. The molecule has 1 heterocycles. The minimum absolute atomic E-state index is 0.0535. The molecule has 1 fully saturated rings. The molecule has 1 rings (SSSR count). The van der Waals surface area contributed by atoms with Crippen LogP contribution in [0.15, 0.2) is 0 Å². The SMILES string of the molecule is CC(C)[C@@H]1NC(=O)CNC(=O)[C@H](CCN)NC(=O)[C@@H](NC(=O)[C@H](CCN)NC(=O)[C@@H](NC(=O)[C@@H](N)CCN)[C@@H](C)O)CCNC(=O)[C@H](CO)NC(=O)[C@H](CCN)NC(=O)[C@H](CCN)NC1=O. The summed E-state index contributed by atoms with van der Waals surface area (Å²) < 4.78 is 0. The van der Waals surface area contributed by atoms with E-state index in [0.29, 0.717) is 0 Å². The molecular weight excluding hydrogens is 873 g/mol. The molecule has 1 aliphatic heterocycles. The van der Waals surface area contributed by atoms with Gasteiger partial charge in [-0.1, -0.05) is 13.8 Å². The first kappa shape index (κ1) is 58.4. The maximum Gasteiger partial charge on any atom is 0.245 e. The molecule has 0 bridgehead atoms. The summed E-state index contributed by atoms with van der Waals surface area (Å²) >= 11 is 0. The van der Waals surface area contributed by atoms with Crippen LogP contribution in [-0.4, -0.2) is 182 Å². The molecular formula is C38H72N16O12.